The normalized spacial score (nSPS) is 10.4. The number of nitrogens with zero attached hydrogens (tertiary/aromatic N) is 1. The summed E-state index contributed by atoms with van der Waals surface area (Å²) in [4.78, 5) is 13.7. The number of rotatable bonds is 5. The topological polar surface area (TPSA) is 44.4 Å². The molecule has 2 N–H and O–H groups in total. The fourth-order valence-corrected chi connectivity index (χ4v) is 1.53. The molecule has 94 valence electrons. The van der Waals surface area contributed by atoms with Crippen molar-refractivity contribution in [2.75, 3.05) is 13.7 Å². The van der Waals surface area contributed by atoms with Crippen molar-refractivity contribution < 1.29 is 4.79 Å². The van der Waals surface area contributed by atoms with E-state index in [0.29, 0.717) is 13.2 Å². The van der Waals surface area contributed by atoms with Crippen LogP contribution in [0.2, 0.25) is 0 Å². The lowest BCUT2D eigenvalue weighted by atomic mass is 10.2. The number of carbonyl (C=O) groups excluding carboxylic acids is 1. The second-order valence-corrected chi connectivity index (χ2v) is 4.30. The lowest BCUT2D eigenvalue weighted by molar-refractivity contribution is 0.189. The van der Waals surface area contributed by atoms with E-state index < -0.39 is 0 Å². The van der Waals surface area contributed by atoms with Crippen LogP contribution in [-0.4, -0.2) is 30.7 Å². The van der Waals surface area contributed by atoms with Crippen molar-refractivity contribution in [3.8, 4) is 0 Å². The zero-order valence-electron chi connectivity index (χ0n) is 10.7. The van der Waals surface area contributed by atoms with Crippen LogP contribution in [0.1, 0.15) is 19.4 Å². The average molecular weight is 235 g/mol. The van der Waals surface area contributed by atoms with Crippen molar-refractivity contribution in [3.63, 3.8) is 0 Å². The highest BCUT2D eigenvalue weighted by Gasteiger charge is 2.13. The van der Waals surface area contributed by atoms with Gasteiger partial charge in [-0.15, -0.1) is 0 Å². The Hall–Kier alpha value is -1.55. The molecule has 0 spiro atoms. The first-order valence-corrected chi connectivity index (χ1v) is 5.87. The Balaban J connectivity index is 2.63. The molecule has 1 aromatic rings. The van der Waals surface area contributed by atoms with Gasteiger partial charge in [-0.2, -0.15) is 0 Å². The highest BCUT2D eigenvalue weighted by molar-refractivity contribution is 5.74. The van der Waals surface area contributed by atoms with Gasteiger partial charge in [-0.25, -0.2) is 4.79 Å². The number of hydrogen-bond acceptors (Lipinski definition) is 2. The van der Waals surface area contributed by atoms with Crippen LogP contribution in [0, 0.1) is 0 Å². The Morgan fingerprint density at radius 3 is 2.47 bits per heavy atom. The van der Waals surface area contributed by atoms with E-state index in [1.807, 2.05) is 51.2 Å². The van der Waals surface area contributed by atoms with Crippen molar-refractivity contribution in [1.29, 1.82) is 0 Å². The second kappa shape index (κ2) is 6.91. The zero-order valence-corrected chi connectivity index (χ0v) is 10.7. The lowest BCUT2D eigenvalue weighted by Gasteiger charge is -2.24. The molecular formula is C13H21N3O. The molecule has 2 amide bonds. The molecule has 0 saturated heterocycles. The summed E-state index contributed by atoms with van der Waals surface area (Å²) in [7, 11) is 1.83. The van der Waals surface area contributed by atoms with Gasteiger partial charge >= 0.3 is 6.03 Å². The minimum Gasteiger partial charge on any atom is -0.336 e. The summed E-state index contributed by atoms with van der Waals surface area (Å²) < 4.78 is 0. The molecule has 4 nitrogen and oxygen atoms in total. The van der Waals surface area contributed by atoms with Crippen molar-refractivity contribution in [2.24, 2.45) is 0 Å². The molecule has 0 aliphatic carbocycles. The van der Waals surface area contributed by atoms with Gasteiger partial charge in [0.25, 0.3) is 0 Å². The van der Waals surface area contributed by atoms with E-state index in [1.54, 1.807) is 4.90 Å². The number of benzene rings is 1. The molecule has 0 fully saturated rings. The third-order valence-corrected chi connectivity index (χ3v) is 2.26. The van der Waals surface area contributed by atoms with Gasteiger partial charge in [0.15, 0.2) is 0 Å². The van der Waals surface area contributed by atoms with Crippen LogP contribution in [0.15, 0.2) is 30.3 Å². The number of hydrogen-bond donors (Lipinski definition) is 2. The van der Waals surface area contributed by atoms with Crippen LogP contribution in [0.25, 0.3) is 0 Å². The molecule has 0 heterocycles. The first kappa shape index (κ1) is 13.5. The van der Waals surface area contributed by atoms with Crippen LogP contribution in [0.3, 0.4) is 0 Å². The monoisotopic (exact) mass is 235 g/mol. The van der Waals surface area contributed by atoms with Crippen LogP contribution in [0.5, 0.6) is 0 Å². The summed E-state index contributed by atoms with van der Waals surface area (Å²) >= 11 is 0. The Kier molecular flexibility index (Phi) is 5.49. The minimum absolute atomic E-state index is 0.0433. The van der Waals surface area contributed by atoms with Crippen molar-refractivity contribution >= 4 is 6.03 Å². The molecule has 0 aromatic heterocycles. The third kappa shape index (κ3) is 4.87. The van der Waals surface area contributed by atoms with Crippen molar-refractivity contribution in [2.45, 2.75) is 26.4 Å². The maximum Gasteiger partial charge on any atom is 0.318 e. The molecular weight excluding hydrogens is 214 g/mol. The molecule has 1 rings (SSSR count). The number of nitrogens with one attached hydrogen (secondary N) is 2. The van der Waals surface area contributed by atoms with Crippen molar-refractivity contribution in [1.82, 2.24) is 15.5 Å². The largest absolute Gasteiger partial charge is 0.336 e. The summed E-state index contributed by atoms with van der Waals surface area (Å²) in [6.07, 6.45) is 0. The molecule has 0 aliphatic rings. The zero-order chi connectivity index (χ0) is 12.7. The average Bonchev–Trinajstić information content (AvgIpc) is 2.29. The summed E-state index contributed by atoms with van der Waals surface area (Å²) in [5, 5.41) is 5.90. The van der Waals surface area contributed by atoms with Gasteiger partial charge in [-0.1, -0.05) is 30.3 Å². The molecule has 0 saturated carbocycles. The minimum atomic E-state index is -0.0433. The summed E-state index contributed by atoms with van der Waals surface area (Å²) in [5.41, 5.74) is 1.13. The predicted octanol–water partition coefficient (Wildman–Crippen LogP) is 1.78. The van der Waals surface area contributed by atoms with E-state index in [4.69, 9.17) is 0 Å². The van der Waals surface area contributed by atoms with Crippen LogP contribution in [0.4, 0.5) is 4.79 Å². The maximum absolute atomic E-state index is 11.9. The van der Waals surface area contributed by atoms with Crippen LogP contribution in [-0.2, 0) is 6.54 Å². The smallest absolute Gasteiger partial charge is 0.318 e. The third-order valence-electron chi connectivity index (χ3n) is 2.26. The number of urea groups is 1. The summed E-state index contributed by atoms with van der Waals surface area (Å²) in [6.45, 7) is 5.06. The van der Waals surface area contributed by atoms with Gasteiger partial charge in [0.1, 0.15) is 0 Å². The Labute approximate surface area is 103 Å². The number of amides is 2. The van der Waals surface area contributed by atoms with Crippen molar-refractivity contribution in [3.05, 3.63) is 35.9 Å². The standard InChI is InChI=1S/C13H21N3O/c1-11(2)15-13(17)16(10-14-3)9-12-7-5-4-6-8-12/h4-8,11,14H,9-10H2,1-3H3,(H,15,17). The highest BCUT2D eigenvalue weighted by atomic mass is 16.2. The van der Waals surface area contributed by atoms with Gasteiger partial charge < -0.3 is 15.5 Å². The maximum atomic E-state index is 11.9. The number of carbonyl (C=O) groups is 1. The molecule has 0 bridgehead atoms. The van der Waals surface area contributed by atoms with Gasteiger partial charge in [0, 0.05) is 12.6 Å². The van der Waals surface area contributed by atoms with E-state index in [-0.39, 0.29) is 12.1 Å². The van der Waals surface area contributed by atoms with Gasteiger partial charge in [-0.05, 0) is 26.5 Å². The van der Waals surface area contributed by atoms with E-state index in [2.05, 4.69) is 10.6 Å². The predicted molar refractivity (Wildman–Crippen MR) is 69.6 cm³/mol. The van der Waals surface area contributed by atoms with E-state index in [0.717, 1.165) is 5.56 Å². The SMILES string of the molecule is CNCN(Cc1ccccc1)C(=O)NC(C)C. The first-order valence-electron chi connectivity index (χ1n) is 5.87. The van der Waals surface area contributed by atoms with E-state index in [9.17, 15) is 4.79 Å². The summed E-state index contributed by atoms with van der Waals surface area (Å²) in [6, 6.07) is 10.1. The second-order valence-electron chi connectivity index (χ2n) is 4.30. The highest BCUT2D eigenvalue weighted by Crippen LogP contribution is 2.04. The fraction of sp³-hybridized carbons (Fsp3) is 0.462. The molecule has 0 unspecified atom stereocenters. The molecule has 0 aliphatic heterocycles. The molecule has 4 heteroatoms. The van der Waals surface area contributed by atoms with Gasteiger partial charge in [-0.3, -0.25) is 0 Å². The molecule has 0 radical (unpaired) electrons. The molecule has 0 atom stereocenters. The van der Waals surface area contributed by atoms with E-state index >= 15 is 0 Å². The fourth-order valence-electron chi connectivity index (χ4n) is 1.53. The van der Waals surface area contributed by atoms with Gasteiger partial charge in [0.05, 0.1) is 6.67 Å². The Bertz CT molecular complexity index is 338. The molecule has 17 heavy (non-hydrogen) atoms. The first-order chi connectivity index (χ1) is 8.13. The van der Waals surface area contributed by atoms with Crippen LogP contribution >= 0.6 is 0 Å². The van der Waals surface area contributed by atoms with E-state index in [1.165, 1.54) is 0 Å². The lowest BCUT2D eigenvalue weighted by Crippen LogP contribution is -2.45. The quantitative estimate of drug-likeness (QED) is 0.764. The molecule has 1 aromatic carbocycles. The Morgan fingerprint density at radius 2 is 1.94 bits per heavy atom. The Morgan fingerprint density at radius 1 is 1.29 bits per heavy atom. The van der Waals surface area contributed by atoms with Crippen LogP contribution < -0.4 is 10.6 Å². The summed E-state index contributed by atoms with van der Waals surface area (Å²) in [5.74, 6) is 0. The van der Waals surface area contributed by atoms with Gasteiger partial charge in [0.2, 0.25) is 0 Å².